The Balaban J connectivity index is 1.65. The molecule has 0 fully saturated rings. The maximum absolute atomic E-state index is 12.5. The summed E-state index contributed by atoms with van der Waals surface area (Å²) in [5.41, 5.74) is 3.54. The molecule has 3 aromatic rings. The summed E-state index contributed by atoms with van der Waals surface area (Å²) in [5, 5.41) is 2.92. The van der Waals surface area contributed by atoms with Gasteiger partial charge in [0.2, 0.25) is 0 Å². The largest absolute Gasteiger partial charge is 0.497 e. The zero-order valence-electron chi connectivity index (χ0n) is 15.2. The second-order valence-corrected chi connectivity index (χ2v) is 6.84. The van der Waals surface area contributed by atoms with Crippen molar-refractivity contribution in [2.45, 2.75) is 18.4 Å². The average Bonchev–Trinajstić information content (AvgIpc) is 2.72. The Morgan fingerprint density at radius 3 is 2.81 bits per heavy atom. The fourth-order valence-corrected chi connectivity index (χ4v) is 3.21. The number of carbonyl (C=O) groups excluding carboxylic acids is 1. The van der Waals surface area contributed by atoms with Gasteiger partial charge in [-0.15, -0.1) is 0 Å². The normalized spacial score (nSPS) is 10.3. The Morgan fingerprint density at radius 1 is 1.15 bits per heavy atom. The van der Waals surface area contributed by atoms with Crippen LogP contribution >= 0.6 is 11.9 Å². The van der Waals surface area contributed by atoms with Gasteiger partial charge in [0, 0.05) is 35.1 Å². The van der Waals surface area contributed by atoms with Gasteiger partial charge in [-0.1, -0.05) is 18.2 Å². The van der Waals surface area contributed by atoms with Crippen LogP contribution < -0.4 is 14.8 Å². The minimum atomic E-state index is -0.117. The lowest BCUT2D eigenvalue weighted by molar-refractivity contribution is 0.0951. The summed E-state index contributed by atoms with van der Waals surface area (Å²) in [6.45, 7) is 2.45. The SMILES string of the molecule is COc1cccc(SNc2cc(C(=O)NCc3cccnc3)ccc2C)c1. The van der Waals surface area contributed by atoms with E-state index in [-0.39, 0.29) is 5.91 Å². The van der Waals surface area contributed by atoms with E-state index in [4.69, 9.17) is 4.74 Å². The van der Waals surface area contributed by atoms with Gasteiger partial charge in [0.05, 0.1) is 7.11 Å². The number of anilines is 1. The number of hydrogen-bond acceptors (Lipinski definition) is 5. The number of aryl methyl sites for hydroxylation is 1. The Kier molecular flexibility index (Phi) is 6.33. The van der Waals surface area contributed by atoms with E-state index in [9.17, 15) is 4.79 Å². The van der Waals surface area contributed by atoms with Crippen LogP contribution in [0, 0.1) is 6.92 Å². The van der Waals surface area contributed by atoms with Crippen molar-refractivity contribution >= 4 is 23.5 Å². The molecular formula is C21H21N3O2S. The van der Waals surface area contributed by atoms with Gasteiger partial charge >= 0.3 is 0 Å². The topological polar surface area (TPSA) is 63.2 Å². The Bertz CT molecular complexity index is 916. The third kappa shape index (κ3) is 5.24. The molecule has 0 saturated heterocycles. The second kappa shape index (κ2) is 9.09. The Labute approximate surface area is 163 Å². The number of carbonyl (C=O) groups is 1. The lowest BCUT2D eigenvalue weighted by Gasteiger charge is -2.12. The molecule has 1 heterocycles. The summed E-state index contributed by atoms with van der Waals surface area (Å²) in [7, 11) is 1.65. The zero-order chi connectivity index (χ0) is 19.1. The molecule has 0 aliphatic heterocycles. The summed E-state index contributed by atoms with van der Waals surface area (Å²) >= 11 is 1.48. The third-order valence-corrected chi connectivity index (χ3v) is 4.81. The lowest BCUT2D eigenvalue weighted by atomic mass is 10.1. The van der Waals surface area contributed by atoms with Crippen molar-refractivity contribution in [3.8, 4) is 5.75 Å². The smallest absolute Gasteiger partial charge is 0.251 e. The number of rotatable bonds is 7. The fraction of sp³-hybridized carbons (Fsp3) is 0.143. The highest BCUT2D eigenvalue weighted by molar-refractivity contribution is 8.00. The molecule has 2 N–H and O–H groups in total. The Hall–Kier alpha value is -2.99. The number of amides is 1. The maximum Gasteiger partial charge on any atom is 0.251 e. The first kappa shape index (κ1) is 18.8. The molecule has 5 nitrogen and oxygen atoms in total. The summed E-state index contributed by atoms with van der Waals surface area (Å²) < 4.78 is 8.57. The molecule has 2 aromatic carbocycles. The molecule has 0 aliphatic carbocycles. The van der Waals surface area contributed by atoms with E-state index in [1.807, 2.05) is 61.5 Å². The van der Waals surface area contributed by atoms with Crippen molar-refractivity contribution in [3.05, 3.63) is 83.7 Å². The van der Waals surface area contributed by atoms with Crippen LogP contribution in [0.4, 0.5) is 5.69 Å². The van der Waals surface area contributed by atoms with E-state index in [2.05, 4.69) is 15.0 Å². The molecule has 138 valence electrons. The van der Waals surface area contributed by atoms with Gasteiger partial charge in [0.25, 0.3) is 5.91 Å². The van der Waals surface area contributed by atoms with Crippen molar-refractivity contribution in [2.75, 3.05) is 11.8 Å². The van der Waals surface area contributed by atoms with Gasteiger partial charge < -0.3 is 14.8 Å². The highest BCUT2D eigenvalue weighted by Crippen LogP contribution is 2.27. The van der Waals surface area contributed by atoms with Gasteiger partial charge in [-0.3, -0.25) is 9.78 Å². The number of aromatic nitrogens is 1. The van der Waals surface area contributed by atoms with Crippen molar-refractivity contribution in [2.24, 2.45) is 0 Å². The first-order chi connectivity index (χ1) is 13.2. The summed E-state index contributed by atoms with van der Waals surface area (Å²) in [4.78, 5) is 17.5. The molecule has 27 heavy (non-hydrogen) atoms. The monoisotopic (exact) mass is 379 g/mol. The van der Waals surface area contributed by atoms with Crippen molar-refractivity contribution in [1.29, 1.82) is 0 Å². The Morgan fingerprint density at radius 2 is 2.04 bits per heavy atom. The van der Waals surface area contributed by atoms with Gasteiger partial charge in [0.1, 0.15) is 5.75 Å². The molecule has 0 saturated carbocycles. The predicted molar refractivity (Wildman–Crippen MR) is 109 cm³/mol. The average molecular weight is 379 g/mol. The molecule has 3 rings (SSSR count). The van der Waals surface area contributed by atoms with E-state index in [1.165, 1.54) is 11.9 Å². The van der Waals surface area contributed by atoms with Crippen molar-refractivity contribution < 1.29 is 9.53 Å². The van der Waals surface area contributed by atoms with Crippen molar-refractivity contribution in [1.82, 2.24) is 10.3 Å². The number of benzene rings is 2. The highest BCUT2D eigenvalue weighted by Gasteiger charge is 2.09. The number of pyridine rings is 1. The quantitative estimate of drug-likeness (QED) is 0.594. The molecule has 0 unspecified atom stereocenters. The van der Waals surface area contributed by atoms with Gasteiger partial charge in [-0.2, -0.15) is 0 Å². The van der Waals surface area contributed by atoms with E-state index >= 15 is 0 Å². The van der Waals surface area contributed by atoms with E-state index in [0.717, 1.165) is 27.5 Å². The second-order valence-electron chi connectivity index (χ2n) is 5.96. The molecule has 0 aliphatic rings. The van der Waals surface area contributed by atoms with Crippen LogP contribution in [0.25, 0.3) is 0 Å². The first-order valence-electron chi connectivity index (χ1n) is 8.50. The minimum Gasteiger partial charge on any atom is -0.497 e. The van der Waals surface area contributed by atoms with E-state index in [1.54, 1.807) is 19.5 Å². The number of hydrogen-bond donors (Lipinski definition) is 2. The fourth-order valence-electron chi connectivity index (χ4n) is 2.44. The maximum atomic E-state index is 12.5. The van der Waals surface area contributed by atoms with Crippen LogP contribution in [-0.4, -0.2) is 18.0 Å². The summed E-state index contributed by atoms with van der Waals surface area (Å²) in [6.07, 6.45) is 3.45. The van der Waals surface area contributed by atoms with Crippen LogP contribution in [-0.2, 0) is 6.54 Å². The molecule has 0 atom stereocenters. The minimum absolute atomic E-state index is 0.117. The van der Waals surface area contributed by atoms with Crippen LogP contribution in [0.15, 0.2) is 71.9 Å². The number of nitrogens with one attached hydrogen (secondary N) is 2. The van der Waals surface area contributed by atoms with E-state index < -0.39 is 0 Å². The van der Waals surface area contributed by atoms with Gasteiger partial charge in [-0.05, 0) is 66.4 Å². The summed E-state index contributed by atoms with van der Waals surface area (Å²) in [5.74, 6) is 0.690. The van der Waals surface area contributed by atoms with Crippen molar-refractivity contribution in [3.63, 3.8) is 0 Å². The first-order valence-corrected chi connectivity index (χ1v) is 9.32. The van der Waals surface area contributed by atoms with E-state index in [0.29, 0.717) is 12.1 Å². The molecule has 1 aromatic heterocycles. The highest BCUT2D eigenvalue weighted by atomic mass is 32.2. The zero-order valence-corrected chi connectivity index (χ0v) is 16.0. The predicted octanol–water partition coefficient (Wildman–Crippen LogP) is 4.45. The molecular weight excluding hydrogens is 358 g/mol. The van der Waals surface area contributed by atoms with Crippen LogP contribution in [0.2, 0.25) is 0 Å². The molecule has 0 bridgehead atoms. The van der Waals surface area contributed by atoms with Crippen LogP contribution in [0.3, 0.4) is 0 Å². The molecule has 6 heteroatoms. The van der Waals surface area contributed by atoms with Gasteiger partial charge in [-0.25, -0.2) is 0 Å². The standard InChI is InChI=1S/C21H21N3O2S/c1-15-8-9-17(21(25)23-14-16-5-4-10-22-13-16)11-20(15)24-27-19-7-3-6-18(12-19)26-2/h3-13,24H,14H2,1-2H3,(H,23,25). The number of methoxy groups -OCH3 is 1. The molecule has 0 radical (unpaired) electrons. The lowest BCUT2D eigenvalue weighted by Crippen LogP contribution is -2.22. The summed E-state index contributed by atoms with van der Waals surface area (Å²) in [6, 6.07) is 17.2. The number of nitrogens with zero attached hydrogens (tertiary/aromatic N) is 1. The molecule has 1 amide bonds. The number of ether oxygens (including phenoxy) is 1. The molecule has 0 spiro atoms. The third-order valence-electron chi connectivity index (χ3n) is 4.00. The van der Waals surface area contributed by atoms with Crippen LogP contribution in [0.1, 0.15) is 21.5 Å². The van der Waals surface area contributed by atoms with Crippen LogP contribution in [0.5, 0.6) is 5.75 Å². The van der Waals surface area contributed by atoms with Gasteiger partial charge in [0.15, 0.2) is 0 Å².